The van der Waals surface area contributed by atoms with Gasteiger partial charge in [-0.2, -0.15) is 0 Å². The fourth-order valence-corrected chi connectivity index (χ4v) is 0.766. The van der Waals surface area contributed by atoms with Crippen LogP contribution in [0.1, 0.15) is 0 Å². The van der Waals surface area contributed by atoms with Gasteiger partial charge in [-0.3, -0.25) is 0 Å². The van der Waals surface area contributed by atoms with Gasteiger partial charge >= 0.3 is 34.7 Å². The average molecular weight is 286 g/mol. The molecule has 8 nitrogen and oxygen atoms in total. The van der Waals surface area contributed by atoms with Gasteiger partial charge in [-0.1, -0.05) is 0 Å². The van der Waals surface area contributed by atoms with E-state index in [2.05, 4.69) is 7.86 Å². The third kappa shape index (κ3) is 6.12. The SMILES string of the molecule is O=[N+](O[Br+2]([O-])[O-])O[Br+2]([O-])[O-]. The molecule has 0 fully saturated rings. The molecular formula is Br2NO7+. The second kappa shape index (κ2) is 4.76. The molecule has 0 amide bonds. The first-order valence-corrected chi connectivity index (χ1v) is 5.36. The summed E-state index contributed by atoms with van der Waals surface area (Å²) >= 11 is -7.54. The lowest BCUT2D eigenvalue weighted by atomic mass is 13.1. The van der Waals surface area contributed by atoms with E-state index in [1.807, 2.05) is 0 Å². The molecule has 0 aliphatic heterocycles. The van der Waals surface area contributed by atoms with Crippen molar-refractivity contribution in [2.75, 3.05) is 0 Å². The molecule has 0 atom stereocenters. The topological polar surface area (TPSA) is 131 Å². The van der Waals surface area contributed by atoms with Crippen LogP contribution in [0.3, 0.4) is 0 Å². The smallest absolute Gasteiger partial charge is 0.355 e. The maximum Gasteiger partial charge on any atom is 0.644 e. The molecule has 0 aromatic heterocycles. The van der Waals surface area contributed by atoms with Crippen LogP contribution in [0.2, 0.25) is 0 Å². The van der Waals surface area contributed by atoms with Crippen LogP contribution in [0.5, 0.6) is 0 Å². The van der Waals surface area contributed by atoms with Crippen LogP contribution in [0.15, 0.2) is 0 Å². The van der Waals surface area contributed by atoms with Crippen molar-refractivity contribution in [2.24, 2.45) is 0 Å². The summed E-state index contributed by atoms with van der Waals surface area (Å²) in [7, 11) is 0. The number of halogens is 2. The van der Waals surface area contributed by atoms with Gasteiger partial charge in [0, 0.05) is 0 Å². The molecule has 0 rings (SSSR count). The van der Waals surface area contributed by atoms with Crippen molar-refractivity contribution in [3.8, 4) is 0 Å². The van der Waals surface area contributed by atoms with Crippen molar-refractivity contribution >= 4 is 0 Å². The second-order valence-corrected chi connectivity index (χ2v) is 2.90. The number of rotatable bonds is 4. The quantitative estimate of drug-likeness (QED) is 0.472. The van der Waals surface area contributed by atoms with Crippen molar-refractivity contribution in [3.05, 3.63) is 4.91 Å². The summed E-state index contributed by atoms with van der Waals surface area (Å²) in [5.74, 6) is 0. The maximum absolute atomic E-state index is 9.79. The molecule has 0 bridgehead atoms. The van der Waals surface area contributed by atoms with Crippen LogP contribution < -0.4 is 16.8 Å². The van der Waals surface area contributed by atoms with Crippen molar-refractivity contribution in [2.45, 2.75) is 0 Å². The van der Waals surface area contributed by atoms with E-state index in [4.69, 9.17) is 0 Å². The van der Waals surface area contributed by atoms with Gasteiger partial charge in [-0.25, -0.2) is 0 Å². The third-order valence-corrected chi connectivity index (χ3v) is 1.17. The minimum atomic E-state index is -3.77. The monoisotopic (exact) mass is 284 g/mol. The Balaban J connectivity index is 3.44. The molecular weight excluding hydrogens is 286 g/mol. The summed E-state index contributed by atoms with van der Waals surface area (Å²) in [5.41, 5.74) is 0. The molecule has 0 N–H and O–H groups in total. The van der Waals surface area contributed by atoms with Gasteiger partial charge in [0.25, 0.3) is 0 Å². The van der Waals surface area contributed by atoms with Crippen molar-refractivity contribution in [1.29, 1.82) is 0 Å². The molecule has 0 aliphatic carbocycles. The zero-order chi connectivity index (χ0) is 8.15. The highest BCUT2D eigenvalue weighted by Gasteiger charge is 2.42. The lowest BCUT2D eigenvalue weighted by molar-refractivity contribution is -1.73. The average Bonchev–Trinajstić information content (AvgIpc) is 1.58. The van der Waals surface area contributed by atoms with Crippen LogP contribution in [-0.2, 0) is 7.86 Å². The minimum absolute atomic E-state index is 1.01. The summed E-state index contributed by atoms with van der Waals surface area (Å²) in [5, 5.41) is -1.01. The lowest BCUT2D eigenvalue weighted by Crippen LogP contribution is -2.41. The van der Waals surface area contributed by atoms with Gasteiger partial charge < -0.3 is 16.8 Å². The van der Waals surface area contributed by atoms with E-state index in [-0.39, 0.29) is 0 Å². The largest absolute Gasteiger partial charge is 0.644 e. The van der Waals surface area contributed by atoms with E-state index in [0.29, 0.717) is 0 Å². The van der Waals surface area contributed by atoms with E-state index < -0.39 is 34.7 Å². The Morgan fingerprint density at radius 2 is 1.30 bits per heavy atom. The van der Waals surface area contributed by atoms with Crippen LogP contribution in [-0.4, -0.2) is 5.09 Å². The number of hydrogen-bond acceptors (Lipinski definition) is 7. The van der Waals surface area contributed by atoms with E-state index in [1.165, 1.54) is 0 Å². The lowest BCUT2D eigenvalue weighted by Gasteiger charge is -1.77. The van der Waals surface area contributed by atoms with E-state index in [9.17, 15) is 21.7 Å². The first kappa shape index (κ1) is 10.0. The maximum atomic E-state index is 9.79. The molecule has 10 heteroatoms. The minimum Gasteiger partial charge on any atom is -0.355 e. The molecule has 0 radical (unpaired) electrons. The summed E-state index contributed by atoms with van der Waals surface area (Å²) in [4.78, 5) is 9.79. The Labute approximate surface area is 64.7 Å². The molecule has 0 spiro atoms. The normalized spacial score (nSPS) is 10.2. The van der Waals surface area contributed by atoms with E-state index in [1.54, 1.807) is 0 Å². The summed E-state index contributed by atoms with van der Waals surface area (Å²) in [6.45, 7) is 0. The fraction of sp³-hybridized carbons (Fsp3) is 0. The highest BCUT2D eigenvalue weighted by atomic mass is 80.0. The van der Waals surface area contributed by atoms with E-state index >= 15 is 0 Å². The van der Waals surface area contributed by atoms with Crippen LogP contribution in [0.4, 0.5) is 0 Å². The van der Waals surface area contributed by atoms with E-state index in [0.717, 1.165) is 0 Å². The predicted octanol–water partition coefficient (Wildman–Crippen LogP) is -5.20. The van der Waals surface area contributed by atoms with Gasteiger partial charge in [-0.05, 0) is 0 Å². The molecule has 0 aromatic carbocycles. The summed E-state index contributed by atoms with van der Waals surface area (Å²) < 4.78 is 44.6. The molecule has 10 heavy (non-hydrogen) atoms. The number of hydrogen-bond donors (Lipinski definition) is 0. The third-order valence-electron chi connectivity index (χ3n) is 0.225. The summed E-state index contributed by atoms with van der Waals surface area (Å²) in [6, 6.07) is 0. The molecule has 0 aromatic rings. The Hall–Kier alpha value is -0.000000000000000153. The van der Waals surface area contributed by atoms with Crippen LogP contribution >= 0.6 is 0 Å². The van der Waals surface area contributed by atoms with Crippen LogP contribution in [0.25, 0.3) is 0 Å². The standard InChI is InChI=1S/Br2NO7/c4-1(5)9-3(8)10-2(6)7/q+1. The fourth-order valence-electron chi connectivity index (χ4n) is 0.103. The predicted molar refractivity (Wildman–Crippen MR) is 5.80 cm³/mol. The molecule has 60 valence electrons. The number of nitrogens with zero attached hydrogens (tertiary/aromatic N) is 1. The summed E-state index contributed by atoms with van der Waals surface area (Å²) in [6.07, 6.45) is 0. The van der Waals surface area contributed by atoms with Crippen molar-refractivity contribution in [3.63, 3.8) is 0 Å². The molecule has 0 aliphatic rings. The van der Waals surface area contributed by atoms with Gasteiger partial charge in [0.1, 0.15) is 4.91 Å². The van der Waals surface area contributed by atoms with Gasteiger partial charge in [-0.15, -0.1) is 0 Å². The van der Waals surface area contributed by atoms with Crippen molar-refractivity contribution in [1.82, 2.24) is 0 Å². The molecule has 0 saturated heterocycles. The van der Waals surface area contributed by atoms with Gasteiger partial charge in [0.15, 0.2) is 0 Å². The second-order valence-electron chi connectivity index (χ2n) is 0.740. The highest BCUT2D eigenvalue weighted by molar-refractivity contribution is 3.58. The Morgan fingerprint density at radius 3 is 1.50 bits per heavy atom. The Kier molecular flexibility index (Phi) is 4.76. The molecule has 0 unspecified atom stereocenters. The highest BCUT2D eigenvalue weighted by Crippen LogP contribution is 1.84. The van der Waals surface area contributed by atoms with Crippen molar-refractivity contribution < 1.29 is 59.4 Å². The van der Waals surface area contributed by atoms with Crippen LogP contribution in [0, 0.1) is 34.5 Å². The van der Waals surface area contributed by atoms with Gasteiger partial charge in [0.05, 0.1) is 0 Å². The van der Waals surface area contributed by atoms with Gasteiger partial charge in [0.2, 0.25) is 7.86 Å². The molecule has 0 heterocycles. The molecule has 0 saturated carbocycles. The first-order valence-electron chi connectivity index (χ1n) is 1.47. The zero-order valence-electron chi connectivity index (χ0n) is 4.06. The Bertz CT molecular complexity index is 98.2. The zero-order valence-corrected chi connectivity index (χ0v) is 7.23. The first-order chi connectivity index (χ1) is 4.52. The Morgan fingerprint density at radius 1 is 1.00 bits per heavy atom.